The summed E-state index contributed by atoms with van der Waals surface area (Å²) in [6.45, 7) is 0. The van der Waals surface area contributed by atoms with Crippen molar-refractivity contribution in [1.29, 1.82) is 0 Å². The summed E-state index contributed by atoms with van der Waals surface area (Å²) >= 11 is 5.57. The van der Waals surface area contributed by atoms with Crippen LogP contribution in [0.25, 0.3) is 0 Å². The van der Waals surface area contributed by atoms with Gasteiger partial charge in [-0.15, -0.1) is 12.4 Å². The van der Waals surface area contributed by atoms with Crippen LogP contribution in [0.4, 0.5) is 8.78 Å². The van der Waals surface area contributed by atoms with Gasteiger partial charge in [0.2, 0.25) is 0 Å². The molecule has 2 atom stereocenters. The number of nitrogens with two attached hydrogens (primary N) is 1. The van der Waals surface area contributed by atoms with Crippen molar-refractivity contribution >= 4 is 24.0 Å². The highest BCUT2D eigenvalue weighted by Gasteiger charge is 2.31. The van der Waals surface area contributed by atoms with Crippen LogP contribution in [0.5, 0.6) is 0 Å². The molecule has 0 unspecified atom stereocenters. The SMILES string of the molecule is Cl.N[C@H](c1c(F)cc(Cl)cc1F)[C@@H](O)C1CCCCC1. The van der Waals surface area contributed by atoms with E-state index in [-0.39, 0.29) is 28.9 Å². The Hall–Kier alpha value is -0.420. The van der Waals surface area contributed by atoms with Gasteiger partial charge >= 0.3 is 0 Å². The molecule has 0 amide bonds. The van der Waals surface area contributed by atoms with E-state index in [2.05, 4.69) is 0 Å². The lowest BCUT2D eigenvalue weighted by Gasteiger charge is -2.30. The Morgan fingerprint density at radius 1 is 1.15 bits per heavy atom. The minimum absolute atomic E-state index is 0. The number of hydrogen-bond donors (Lipinski definition) is 2. The Morgan fingerprint density at radius 3 is 2.15 bits per heavy atom. The summed E-state index contributed by atoms with van der Waals surface area (Å²) in [5, 5.41) is 10.2. The van der Waals surface area contributed by atoms with Gasteiger partial charge in [0, 0.05) is 10.6 Å². The first-order chi connectivity index (χ1) is 9.00. The van der Waals surface area contributed by atoms with E-state index in [1.54, 1.807) is 0 Å². The molecule has 1 aromatic carbocycles. The largest absolute Gasteiger partial charge is 0.391 e. The molecule has 1 saturated carbocycles. The molecule has 20 heavy (non-hydrogen) atoms. The van der Waals surface area contributed by atoms with Gasteiger partial charge in [0.1, 0.15) is 11.6 Å². The summed E-state index contributed by atoms with van der Waals surface area (Å²) in [6.07, 6.45) is 3.98. The summed E-state index contributed by atoms with van der Waals surface area (Å²) in [6, 6.07) is 0.987. The van der Waals surface area contributed by atoms with Crippen LogP contribution in [0.1, 0.15) is 43.7 Å². The second-order valence-corrected chi connectivity index (χ2v) is 5.63. The zero-order valence-electron chi connectivity index (χ0n) is 11.0. The van der Waals surface area contributed by atoms with Gasteiger partial charge in [-0.25, -0.2) is 8.78 Å². The lowest BCUT2D eigenvalue weighted by molar-refractivity contribution is 0.0597. The molecule has 0 bridgehead atoms. The van der Waals surface area contributed by atoms with Gasteiger partial charge in [0.15, 0.2) is 0 Å². The van der Waals surface area contributed by atoms with E-state index in [9.17, 15) is 13.9 Å². The van der Waals surface area contributed by atoms with E-state index < -0.39 is 23.8 Å². The van der Waals surface area contributed by atoms with Crippen molar-refractivity contribution in [2.24, 2.45) is 11.7 Å². The predicted octanol–water partition coefficient (Wildman–Crippen LogP) is 3.98. The van der Waals surface area contributed by atoms with Crippen molar-refractivity contribution in [3.63, 3.8) is 0 Å². The number of halogens is 4. The zero-order valence-corrected chi connectivity index (χ0v) is 12.6. The maximum absolute atomic E-state index is 13.8. The third kappa shape index (κ3) is 3.82. The van der Waals surface area contributed by atoms with Gasteiger partial charge in [-0.2, -0.15) is 0 Å². The molecule has 0 aromatic heterocycles. The van der Waals surface area contributed by atoms with Crippen LogP contribution in [0.2, 0.25) is 5.02 Å². The average molecular weight is 326 g/mol. The average Bonchev–Trinajstić information content (AvgIpc) is 2.37. The number of aliphatic hydroxyl groups excluding tert-OH is 1. The quantitative estimate of drug-likeness (QED) is 0.882. The summed E-state index contributed by atoms with van der Waals surface area (Å²) < 4.78 is 27.5. The van der Waals surface area contributed by atoms with Crippen LogP contribution in [0.3, 0.4) is 0 Å². The molecule has 0 aliphatic heterocycles. The lowest BCUT2D eigenvalue weighted by atomic mass is 9.81. The van der Waals surface area contributed by atoms with Gasteiger partial charge in [-0.3, -0.25) is 0 Å². The Balaban J connectivity index is 0.00000200. The first-order valence-electron chi connectivity index (χ1n) is 6.59. The highest BCUT2D eigenvalue weighted by Crippen LogP contribution is 2.33. The normalized spacial score (nSPS) is 19.2. The maximum atomic E-state index is 13.8. The second kappa shape index (κ2) is 7.55. The maximum Gasteiger partial charge on any atom is 0.132 e. The van der Waals surface area contributed by atoms with Crippen molar-refractivity contribution in [2.75, 3.05) is 0 Å². The molecule has 3 N–H and O–H groups in total. The molecule has 6 heteroatoms. The molecule has 0 saturated heterocycles. The van der Waals surface area contributed by atoms with E-state index in [0.29, 0.717) is 0 Å². The molecule has 0 radical (unpaired) electrons. The summed E-state index contributed by atoms with van der Waals surface area (Å²) in [5.41, 5.74) is 5.57. The topological polar surface area (TPSA) is 46.2 Å². The van der Waals surface area contributed by atoms with Crippen LogP contribution < -0.4 is 5.73 Å². The minimum atomic E-state index is -1.06. The Labute approximate surface area is 128 Å². The van der Waals surface area contributed by atoms with Crippen molar-refractivity contribution in [2.45, 2.75) is 44.2 Å². The first kappa shape index (κ1) is 17.6. The number of hydrogen-bond acceptors (Lipinski definition) is 2. The minimum Gasteiger partial charge on any atom is -0.391 e. The molecule has 0 heterocycles. The van der Waals surface area contributed by atoms with E-state index in [0.717, 1.165) is 44.2 Å². The molecule has 114 valence electrons. The van der Waals surface area contributed by atoms with Gasteiger partial charge in [0.25, 0.3) is 0 Å². The molecule has 1 fully saturated rings. The van der Waals surface area contributed by atoms with Crippen LogP contribution in [0.15, 0.2) is 12.1 Å². The van der Waals surface area contributed by atoms with Gasteiger partial charge in [0.05, 0.1) is 12.1 Å². The van der Waals surface area contributed by atoms with Crippen LogP contribution >= 0.6 is 24.0 Å². The smallest absolute Gasteiger partial charge is 0.132 e. The predicted molar refractivity (Wildman–Crippen MR) is 78.1 cm³/mol. The summed E-state index contributed by atoms with van der Waals surface area (Å²) in [7, 11) is 0. The zero-order chi connectivity index (χ0) is 14.0. The monoisotopic (exact) mass is 325 g/mol. The Bertz CT molecular complexity index is 430. The lowest BCUT2D eigenvalue weighted by Crippen LogP contribution is -2.35. The fraction of sp³-hybridized carbons (Fsp3) is 0.571. The summed E-state index contributed by atoms with van der Waals surface area (Å²) in [5.74, 6) is -1.59. The molecular weight excluding hydrogens is 307 g/mol. The molecule has 2 nitrogen and oxygen atoms in total. The molecule has 1 aliphatic carbocycles. The molecule has 1 aliphatic rings. The van der Waals surface area contributed by atoms with Crippen LogP contribution in [-0.2, 0) is 0 Å². The van der Waals surface area contributed by atoms with Crippen molar-refractivity contribution in [1.82, 2.24) is 0 Å². The number of rotatable bonds is 3. The molecule has 2 rings (SSSR count). The van der Waals surface area contributed by atoms with Gasteiger partial charge in [-0.1, -0.05) is 30.9 Å². The number of benzene rings is 1. The van der Waals surface area contributed by atoms with E-state index >= 15 is 0 Å². The fourth-order valence-electron chi connectivity index (χ4n) is 2.81. The third-order valence-corrected chi connectivity index (χ3v) is 4.10. The van der Waals surface area contributed by atoms with Crippen LogP contribution in [-0.4, -0.2) is 11.2 Å². The first-order valence-corrected chi connectivity index (χ1v) is 6.96. The van der Waals surface area contributed by atoms with E-state index in [4.69, 9.17) is 17.3 Å². The molecule has 0 spiro atoms. The highest BCUT2D eigenvalue weighted by atomic mass is 35.5. The van der Waals surface area contributed by atoms with Gasteiger partial charge in [-0.05, 0) is 30.9 Å². The highest BCUT2D eigenvalue weighted by molar-refractivity contribution is 6.30. The van der Waals surface area contributed by atoms with E-state index in [1.807, 2.05) is 0 Å². The second-order valence-electron chi connectivity index (χ2n) is 5.20. The molecular formula is C14H19Cl2F2NO. The third-order valence-electron chi connectivity index (χ3n) is 3.88. The Morgan fingerprint density at radius 2 is 1.65 bits per heavy atom. The van der Waals surface area contributed by atoms with Crippen molar-refractivity contribution in [3.05, 3.63) is 34.4 Å². The van der Waals surface area contributed by atoms with Gasteiger partial charge < -0.3 is 10.8 Å². The molecule has 1 aromatic rings. The van der Waals surface area contributed by atoms with Crippen molar-refractivity contribution in [3.8, 4) is 0 Å². The van der Waals surface area contributed by atoms with E-state index in [1.165, 1.54) is 0 Å². The fourth-order valence-corrected chi connectivity index (χ4v) is 3.00. The Kier molecular flexibility index (Phi) is 6.65. The standard InChI is InChI=1S/C14H18ClF2NO.ClH/c15-9-6-10(16)12(11(17)7-9)13(18)14(19)8-4-2-1-3-5-8;/h6-8,13-14,19H,1-5,18H2;1H/t13-,14+;/m1./s1. The summed E-state index contributed by atoms with van der Waals surface area (Å²) in [4.78, 5) is 0. The number of aliphatic hydroxyl groups is 1. The van der Waals surface area contributed by atoms with Crippen molar-refractivity contribution < 1.29 is 13.9 Å². The van der Waals surface area contributed by atoms with Crippen LogP contribution in [0, 0.1) is 17.6 Å².